The van der Waals surface area contributed by atoms with E-state index in [0.29, 0.717) is 4.90 Å². The second-order valence-corrected chi connectivity index (χ2v) is 5.74. The van der Waals surface area contributed by atoms with Gasteiger partial charge in [-0.25, -0.2) is 8.42 Å². The molecule has 0 N–H and O–H groups in total. The van der Waals surface area contributed by atoms with Crippen molar-refractivity contribution in [2.24, 2.45) is 0 Å². The van der Waals surface area contributed by atoms with E-state index in [4.69, 9.17) is 4.42 Å². The molecule has 0 aliphatic carbocycles. The Balaban J connectivity index is 2.54. The van der Waals surface area contributed by atoms with Gasteiger partial charge in [-0.3, -0.25) is 0 Å². The van der Waals surface area contributed by atoms with Crippen molar-refractivity contribution in [3.8, 4) is 11.3 Å². The Morgan fingerprint density at radius 3 is 2.44 bits per heavy atom. The van der Waals surface area contributed by atoms with E-state index in [1.165, 1.54) is 6.26 Å². The van der Waals surface area contributed by atoms with Gasteiger partial charge in [-0.05, 0) is 42.8 Å². The van der Waals surface area contributed by atoms with E-state index in [1.807, 2.05) is 13.0 Å². The van der Waals surface area contributed by atoms with Crippen LogP contribution in [-0.4, -0.2) is 14.7 Å². The quantitative estimate of drug-likeness (QED) is 0.805. The highest BCUT2D eigenvalue weighted by Crippen LogP contribution is 2.25. The average molecular weight is 236 g/mol. The standard InChI is InChI=1S/C12H12O3S/c1-9-8-10(16(2,13)14)5-6-11(9)12-4-3-7-15-12/h3-8H,1-2H3. The van der Waals surface area contributed by atoms with Crippen LogP contribution >= 0.6 is 0 Å². The van der Waals surface area contributed by atoms with Crippen LogP contribution in [0.1, 0.15) is 5.56 Å². The molecule has 1 aromatic heterocycles. The Hall–Kier alpha value is -1.55. The molecule has 0 radical (unpaired) electrons. The van der Waals surface area contributed by atoms with Crippen molar-refractivity contribution >= 4 is 9.84 Å². The van der Waals surface area contributed by atoms with Crippen LogP contribution in [0.3, 0.4) is 0 Å². The molecular formula is C12H12O3S. The minimum Gasteiger partial charge on any atom is -0.464 e. The van der Waals surface area contributed by atoms with Gasteiger partial charge in [0.15, 0.2) is 9.84 Å². The molecule has 0 unspecified atom stereocenters. The van der Waals surface area contributed by atoms with Crippen LogP contribution in [0.5, 0.6) is 0 Å². The van der Waals surface area contributed by atoms with Gasteiger partial charge in [0.05, 0.1) is 11.2 Å². The summed E-state index contributed by atoms with van der Waals surface area (Å²) in [4.78, 5) is 0.334. The summed E-state index contributed by atoms with van der Waals surface area (Å²) in [6, 6.07) is 8.68. The fraction of sp³-hybridized carbons (Fsp3) is 0.167. The normalized spacial score (nSPS) is 11.6. The van der Waals surface area contributed by atoms with Crippen LogP contribution in [0, 0.1) is 6.92 Å². The second kappa shape index (κ2) is 3.79. The van der Waals surface area contributed by atoms with Crippen molar-refractivity contribution < 1.29 is 12.8 Å². The molecule has 0 saturated heterocycles. The summed E-state index contributed by atoms with van der Waals surface area (Å²) in [7, 11) is -3.14. The highest BCUT2D eigenvalue weighted by molar-refractivity contribution is 7.90. The molecule has 0 fully saturated rings. The van der Waals surface area contributed by atoms with Gasteiger partial charge in [0.25, 0.3) is 0 Å². The third-order valence-corrected chi connectivity index (χ3v) is 3.52. The summed E-state index contributed by atoms with van der Waals surface area (Å²) in [5.74, 6) is 0.748. The van der Waals surface area contributed by atoms with Crippen LogP contribution in [-0.2, 0) is 9.84 Å². The molecule has 3 nitrogen and oxygen atoms in total. The lowest BCUT2D eigenvalue weighted by Gasteiger charge is -2.05. The number of rotatable bonds is 2. The van der Waals surface area contributed by atoms with Crippen molar-refractivity contribution in [2.45, 2.75) is 11.8 Å². The fourth-order valence-corrected chi connectivity index (χ4v) is 2.28. The van der Waals surface area contributed by atoms with E-state index in [2.05, 4.69) is 0 Å². The molecular weight excluding hydrogens is 224 g/mol. The van der Waals surface area contributed by atoms with E-state index in [-0.39, 0.29) is 0 Å². The van der Waals surface area contributed by atoms with Crippen LogP contribution in [0.4, 0.5) is 0 Å². The molecule has 1 aromatic carbocycles. The maximum Gasteiger partial charge on any atom is 0.175 e. The topological polar surface area (TPSA) is 47.3 Å². The molecule has 0 spiro atoms. The molecule has 2 rings (SSSR count). The fourth-order valence-electron chi connectivity index (χ4n) is 1.58. The van der Waals surface area contributed by atoms with Crippen LogP contribution < -0.4 is 0 Å². The van der Waals surface area contributed by atoms with Crippen molar-refractivity contribution in [3.63, 3.8) is 0 Å². The van der Waals surface area contributed by atoms with Crippen LogP contribution in [0.25, 0.3) is 11.3 Å². The maximum atomic E-state index is 11.4. The van der Waals surface area contributed by atoms with Gasteiger partial charge in [-0.15, -0.1) is 0 Å². The Morgan fingerprint density at radius 2 is 1.94 bits per heavy atom. The van der Waals surface area contributed by atoms with Crippen molar-refractivity contribution in [1.29, 1.82) is 0 Å². The molecule has 0 aliphatic heterocycles. The predicted octanol–water partition coefficient (Wildman–Crippen LogP) is 2.66. The minimum absolute atomic E-state index is 0.334. The van der Waals surface area contributed by atoms with Gasteiger partial charge in [0, 0.05) is 11.8 Å². The molecule has 0 bridgehead atoms. The third-order valence-electron chi connectivity index (χ3n) is 2.41. The van der Waals surface area contributed by atoms with Gasteiger partial charge in [0.1, 0.15) is 5.76 Å². The lowest BCUT2D eigenvalue weighted by Crippen LogP contribution is -1.97. The number of sulfone groups is 1. The largest absolute Gasteiger partial charge is 0.464 e. The van der Waals surface area contributed by atoms with E-state index in [9.17, 15) is 8.42 Å². The lowest BCUT2D eigenvalue weighted by atomic mass is 10.1. The Labute approximate surface area is 94.6 Å². The number of aryl methyl sites for hydroxylation is 1. The summed E-state index contributed by atoms with van der Waals surface area (Å²) in [6.07, 6.45) is 2.80. The zero-order chi connectivity index (χ0) is 11.8. The smallest absolute Gasteiger partial charge is 0.175 e. The first-order chi connectivity index (χ1) is 7.48. The van der Waals surface area contributed by atoms with Crippen molar-refractivity contribution in [3.05, 3.63) is 42.2 Å². The lowest BCUT2D eigenvalue weighted by molar-refractivity contribution is 0.581. The van der Waals surface area contributed by atoms with Gasteiger partial charge in [-0.2, -0.15) is 0 Å². The molecule has 0 saturated carbocycles. The molecule has 4 heteroatoms. The number of hydrogen-bond acceptors (Lipinski definition) is 3. The van der Waals surface area contributed by atoms with E-state index in [1.54, 1.807) is 30.5 Å². The van der Waals surface area contributed by atoms with Gasteiger partial charge >= 0.3 is 0 Å². The third kappa shape index (κ3) is 2.02. The van der Waals surface area contributed by atoms with E-state index < -0.39 is 9.84 Å². The van der Waals surface area contributed by atoms with Gasteiger partial charge in [0.2, 0.25) is 0 Å². The Morgan fingerprint density at radius 1 is 1.19 bits per heavy atom. The molecule has 0 aliphatic rings. The van der Waals surface area contributed by atoms with E-state index in [0.717, 1.165) is 16.9 Å². The first kappa shape index (κ1) is 11.0. The summed E-state index contributed by atoms with van der Waals surface area (Å²) in [5.41, 5.74) is 1.80. The molecule has 0 amide bonds. The number of furan rings is 1. The van der Waals surface area contributed by atoms with Crippen LogP contribution in [0.2, 0.25) is 0 Å². The molecule has 2 aromatic rings. The van der Waals surface area contributed by atoms with E-state index >= 15 is 0 Å². The van der Waals surface area contributed by atoms with Gasteiger partial charge in [-0.1, -0.05) is 0 Å². The highest BCUT2D eigenvalue weighted by atomic mass is 32.2. The Bertz CT molecular complexity index is 595. The SMILES string of the molecule is Cc1cc(S(C)(=O)=O)ccc1-c1ccco1. The molecule has 1 heterocycles. The Kier molecular flexibility index (Phi) is 2.59. The number of hydrogen-bond donors (Lipinski definition) is 0. The van der Waals surface area contributed by atoms with Crippen molar-refractivity contribution in [2.75, 3.05) is 6.26 Å². The summed E-state index contributed by atoms with van der Waals surface area (Å²) < 4.78 is 28.0. The monoisotopic (exact) mass is 236 g/mol. The second-order valence-electron chi connectivity index (χ2n) is 3.73. The summed E-state index contributed by atoms with van der Waals surface area (Å²) in [5, 5.41) is 0. The average Bonchev–Trinajstić information content (AvgIpc) is 2.69. The summed E-state index contributed by atoms with van der Waals surface area (Å²) in [6.45, 7) is 1.87. The minimum atomic E-state index is -3.14. The maximum absolute atomic E-state index is 11.4. The molecule has 0 atom stereocenters. The molecule has 16 heavy (non-hydrogen) atoms. The van der Waals surface area contributed by atoms with Crippen molar-refractivity contribution in [1.82, 2.24) is 0 Å². The highest BCUT2D eigenvalue weighted by Gasteiger charge is 2.10. The summed E-state index contributed by atoms with van der Waals surface area (Å²) >= 11 is 0. The number of benzene rings is 1. The predicted molar refractivity (Wildman–Crippen MR) is 62.0 cm³/mol. The first-order valence-electron chi connectivity index (χ1n) is 4.83. The first-order valence-corrected chi connectivity index (χ1v) is 6.72. The molecule has 84 valence electrons. The zero-order valence-electron chi connectivity index (χ0n) is 9.10. The zero-order valence-corrected chi connectivity index (χ0v) is 9.91. The van der Waals surface area contributed by atoms with Crippen LogP contribution in [0.15, 0.2) is 45.9 Å². The van der Waals surface area contributed by atoms with Gasteiger partial charge < -0.3 is 4.42 Å².